The minimum atomic E-state index is -5.34. The van der Waals surface area contributed by atoms with Crippen molar-refractivity contribution in [3.05, 3.63) is 33.1 Å². The van der Waals surface area contributed by atoms with E-state index in [2.05, 4.69) is 8.83 Å². The van der Waals surface area contributed by atoms with Gasteiger partial charge in [0.25, 0.3) is 5.56 Å². The highest BCUT2D eigenvalue weighted by Gasteiger charge is 2.47. The molecule has 1 aromatic heterocycles. The second kappa shape index (κ2) is 11.2. The normalized spacial score (nSPS) is 36.5. The van der Waals surface area contributed by atoms with Crippen molar-refractivity contribution in [1.82, 2.24) is 14.5 Å². The molecule has 5 unspecified atom stereocenters. The van der Waals surface area contributed by atoms with Gasteiger partial charge in [-0.05, 0) is 27.4 Å². The minimum Gasteiger partial charge on any atom is -0.387 e. The van der Waals surface area contributed by atoms with E-state index in [9.17, 15) is 43.8 Å². The van der Waals surface area contributed by atoms with Crippen molar-refractivity contribution in [3.63, 3.8) is 0 Å². The number of likely N-dealkylation sites (N-methyl/N-ethyl adjacent to an activating group) is 1. The molecule has 2 aliphatic rings. The fourth-order valence-electron chi connectivity index (χ4n) is 3.83. The number of rotatable bonds is 9. The van der Waals surface area contributed by atoms with E-state index in [1.165, 1.54) is 0 Å². The van der Waals surface area contributed by atoms with Crippen molar-refractivity contribution in [2.45, 2.75) is 62.4 Å². The number of ether oxygens (including phenoxy) is 2. The van der Waals surface area contributed by atoms with E-state index in [0.717, 1.165) is 16.8 Å². The zero-order valence-corrected chi connectivity index (χ0v) is 21.2. The maximum atomic E-state index is 12.3. The van der Waals surface area contributed by atoms with E-state index in [1.807, 2.05) is 4.98 Å². The van der Waals surface area contributed by atoms with Crippen molar-refractivity contribution in [3.8, 4) is 0 Å². The summed E-state index contributed by atoms with van der Waals surface area (Å²) in [7, 11) is -7.33. The first-order valence-corrected chi connectivity index (χ1v) is 13.6. The van der Waals surface area contributed by atoms with Gasteiger partial charge in [-0.1, -0.05) is 0 Å². The molecule has 2 aliphatic heterocycles. The molecule has 0 aromatic carbocycles. The molecule has 2 fully saturated rings. The van der Waals surface area contributed by atoms with Gasteiger partial charge < -0.3 is 39.5 Å². The Labute approximate surface area is 204 Å². The average molecular weight is 561 g/mol. The summed E-state index contributed by atoms with van der Waals surface area (Å²) >= 11 is 0. The van der Waals surface area contributed by atoms with Gasteiger partial charge in [-0.15, -0.1) is 0 Å². The van der Waals surface area contributed by atoms with Crippen LogP contribution in [-0.4, -0.2) is 103 Å². The number of hydrogen-bond acceptors (Lipinski definition) is 13. The maximum Gasteiger partial charge on any atom is 0.483 e. The Balaban J connectivity index is 1.61. The van der Waals surface area contributed by atoms with Crippen LogP contribution in [0.4, 0.5) is 0 Å². The Bertz CT molecular complexity index is 1130. The molecule has 10 atom stereocenters. The Morgan fingerprint density at radius 2 is 1.78 bits per heavy atom. The average Bonchev–Trinajstić information content (AvgIpc) is 3.02. The Morgan fingerprint density at radius 3 is 2.39 bits per heavy atom. The number of aromatic amines is 1. The zero-order valence-electron chi connectivity index (χ0n) is 19.4. The number of hydrogen-bond donors (Lipinski definition) is 6. The van der Waals surface area contributed by atoms with Gasteiger partial charge in [0, 0.05) is 18.3 Å². The molecule has 0 saturated carbocycles. The van der Waals surface area contributed by atoms with Crippen LogP contribution in [0.1, 0.15) is 19.6 Å². The van der Waals surface area contributed by atoms with Crippen LogP contribution in [0.2, 0.25) is 0 Å². The number of aliphatic hydroxyl groups excluding tert-OH is 3. The largest absolute Gasteiger partial charge is 0.483 e. The Kier molecular flexibility index (Phi) is 9.11. The fraction of sp³-hybridized carbons (Fsp3) is 0.765. The van der Waals surface area contributed by atoms with E-state index < -0.39 is 82.6 Å². The van der Waals surface area contributed by atoms with E-state index in [0.29, 0.717) is 6.42 Å². The molecule has 0 bridgehead atoms. The molecule has 6 N–H and O–H groups in total. The zero-order chi connectivity index (χ0) is 27.0. The third-order valence-electron chi connectivity index (χ3n) is 5.58. The highest BCUT2D eigenvalue weighted by atomic mass is 31.3. The Morgan fingerprint density at radius 1 is 1.11 bits per heavy atom. The number of nitrogens with one attached hydrogen (secondary N) is 1. The molecular formula is C17H29N3O14P2. The lowest BCUT2D eigenvalue weighted by atomic mass is 9.99. The molecule has 1 aromatic rings. The fourth-order valence-corrected chi connectivity index (χ4v) is 5.98. The van der Waals surface area contributed by atoms with Crippen LogP contribution in [-0.2, 0) is 32.0 Å². The van der Waals surface area contributed by atoms with E-state index in [-0.39, 0.29) is 0 Å². The summed E-state index contributed by atoms with van der Waals surface area (Å²) in [6.45, 7) is 0.709. The van der Waals surface area contributed by atoms with Gasteiger partial charge in [0.2, 0.25) is 0 Å². The molecule has 36 heavy (non-hydrogen) atoms. The highest BCUT2D eigenvalue weighted by molar-refractivity contribution is 7.61. The molecule has 0 amide bonds. The van der Waals surface area contributed by atoms with Crippen molar-refractivity contribution in [2.24, 2.45) is 0 Å². The predicted molar refractivity (Wildman–Crippen MR) is 117 cm³/mol. The van der Waals surface area contributed by atoms with Gasteiger partial charge in [0.1, 0.15) is 24.4 Å². The van der Waals surface area contributed by atoms with Gasteiger partial charge in [-0.3, -0.25) is 23.4 Å². The standard InChI is InChI=1S/C17H29N3O14P2/c1-8-6-9(19(2)3)12(22)16(31-8)33-36(28,29)34-35(26,27)30-7-10-13(23)14(24)15(32-10)20-5-4-11(21)18-17(20)25/h4-5,8-10,12-16,22-24H,6-7H2,1-3H3,(H,26,27)(H,28,29)(H,18,21,25)/t8?,9-,10+,12?,13-,14?,15+,16-/m0/s1. The van der Waals surface area contributed by atoms with Gasteiger partial charge in [0.05, 0.1) is 12.7 Å². The van der Waals surface area contributed by atoms with Crippen LogP contribution in [0, 0.1) is 0 Å². The first-order valence-electron chi connectivity index (χ1n) is 10.6. The maximum absolute atomic E-state index is 12.3. The molecule has 0 spiro atoms. The first-order chi connectivity index (χ1) is 16.6. The second-order valence-corrected chi connectivity index (χ2v) is 11.6. The number of H-pyrrole nitrogens is 1. The quantitative estimate of drug-likeness (QED) is 0.176. The third kappa shape index (κ3) is 6.96. The molecule has 3 heterocycles. The van der Waals surface area contributed by atoms with Crippen LogP contribution in [0.25, 0.3) is 0 Å². The minimum absolute atomic E-state index is 0.383. The first kappa shape index (κ1) is 29.3. The Hall–Kier alpha value is -1.30. The van der Waals surface area contributed by atoms with Gasteiger partial charge >= 0.3 is 21.3 Å². The second-order valence-electron chi connectivity index (χ2n) is 8.56. The monoisotopic (exact) mass is 561 g/mol. The van der Waals surface area contributed by atoms with Crippen LogP contribution >= 0.6 is 15.6 Å². The summed E-state index contributed by atoms with van der Waals surface area (Å²) in [5, 5.41) is 30.7. The number of nitrogens with zero attached hydrogens (tertiary/aromatic N) is 2. The van der Waals surface area contributed by atoms with Crippen molar-refractivity contribution in [2.75, 3.05) is 20.7 Å². The van der Waals surface area contributed by atoms with E-state index in [4.69, 9.17) is 14.0 Å². The molecule has 0 radical (unpaired) electrons. The number of aliphatic hydroxyl groups is 3. The van der Waals surface area contributed by atoms with Crippen molar-refractivity contribution < 1.29 is 57.1 Å². The van der Waals surface area contributed by atoms with E-state index in [1.54, 1.807) is 25.9 Å². The topological polar surface area (TPSA) is 240 Å². The molecule has 2 saturated heterocycles. The number of phosphoric acid groups is 2. The van der Waals surface area contributed by atoms with Crippen LogP contribution < -0.4 is 11.2 Å². The molecule has 17 nitrogen and oxygen atoms in total. The number of phosphoric ester groups is 2. The van der Waals surface area contributed by atoms with Crippen LogP contribution in [0.15, 0.2) is 21.9 Å². The van der Waals surface area contributed by atoms with Crippen LogP contribution in [0.5, 0.6) is 0 Å². The van der Waals surface area contributed by atoms with Crippen LogP contribution in [0.3, 0.4) is 0 Å². The molecular weight excluding hydrogens is 532 g/mol. The van der Waals surface area contributed by atoms with Gasteiger partial charge in [0.15, 0.2) is 12.5 Å². The SMILES string of the molecule is CC1C[C@H](N(C)C)C(O)[C@H](OP(=O)(O)OP(=O)(O)OC[C@H]2O[C@@H](n3ccc(=O)[nH]c3=O)C(O)[C@H]2O)O1. The molecule has 19 heteroatoms. The molecule has 206 valence electrons. The molecule has 0 aliphatic carbocycles. The smallest absolute Gasteiger partial charge is 0.387 e. The summed E-state index contributed by atoms with van der Waals surface area (Å²) in [6.07, 6.45) is -8.55. The highest BCUT2D eigenvalue weighted by Crippen LogP contribution is 2.61. The number of aromatic nitrogens is 2. The van der Waals surface area contributed by atoms with Gasteiger partial charge in [-0.2, -0.15) is 4.31 Å². The lowest BCUT2D eigenvalue weighted by Gasteiger charge is -2.40. The summed E-state index contributed by atoms with van der Waals surface area (Å²) in [6, 6.07) is 0.461. The summed E-state index contributed by atoms with van der Waals surface area (Å²) in [5.41, 5.74) is -1.66. The van der Waals surface area contributed by atoms with Gasteiger partial charge in [-0.25, -0.2) is 13.9 Å². The van der Waals surface area contributed by atoms with Crippen molar-refractivity contribution >= 4 is 15.6 Å². The third-order valence-corrected chi connectivity index (χ3v) is 8.18. The predicted octanol–water partition coefficient (Wildman–Crippen LogP) is -2.17. The van der Waals surface area contributed by atoms with Crippen molar-refractivity contribution in [1.29, 1.82) is 0 Å². The summed E-state index contributed by atoms with van der Waals surface area (Å²) in [4.78, 5) is 46.6. The summed E-state index contributed by atoms with van der Waals surface area (Å²) < 4.78 is 49.7. The lowest BCUT2D eigenvalue weighted by Crippen LogP contribution is -2.53. The lowest BCUT2D eigenvalue weighted by molar-refractivity contribution is -0.222. The summed E-state index contributed by atoms with van der Waals surface area (Å²) in [5.74, 6) is 0. The van der Waals surface area contributed by atoms with E-state index >= 15 is 0 Å². The molecule has 3 rings (SSSR count).